The van der Waals surface area contributed by atoms with Crippen molar-refractivity contribution in [2.24, 2.45) is 0 Å². The predicted octanol–water partition coefficient (Wildman–Crippen LogP) is 4.65. The summed E-state index contributed by atoms with van der Waals surface area (Å²) >= 11 is 7.69. The molecule has 96 valence electrons. The number of hydrogen-bond donors (Lipinski definition) is 1. The highest BCUT2D eigenvalue weighted by atomic mass is 35.5. The first-order valence-corrected chi connectivity index (χ1v) is 7.21. The molecule has 0 spiro atoms. The lowest BCUT2D eigenvalue weighted by Crippen LogP contribution is -1.94. The largest absolute Gasteiger partial charge is 0.340 e. The topological polar surface area (TPSA) is 37.8 Å². The number of nitrogens with zero attached hydrogens (tertiary/aromatic N) is 2. The average molecular weight is 290 g/mol. The predicted molar refractivity (Wildman–Crippen MR) is 81.5 cm³/mol. The van der Waals surface area contributed by atoms with Gasteiger partial charge in [0.05, 0.1) is 5.39 Å². The van der Waals surface area contributed by atoms with Gasteiger partial charge in [-0.1, -0.05) is 24.6 Å². The van der Waals surface area contributed by atoms with Crippen molar-refractivity contribution in [3.63, 3.8) is 0 Å². The molecule has 1 N–H and O–H groups in total. The molecule has 2 aromatic heterocycles. The molecule has 5 heteroatoms. The summed E-state index contributed by atoms with van der Waals surface area (Å²) in [6, 6.07) is 9.75. The minimum Gasteiger partial charge on any atom is -0.340 e. The Balaban J connectivity index is 2.02. The molecular formula is C14H12ClN3S. The van der Waals surface area contributed by atoms with Crippen LogP contribution in [0.4, 0.5) is 11.5 Å². The summed E-state index contributed by atoms with van der Waals surface area (Å²) in [6.07, 6.45) is 2.60. The maximum Gasteiger partial charge on any atom is 0.142 e. The van der Waals surface area contributed by atoms with Gasteiger partial charge in [-0.3, -0.25) is 0 Å². The third kappa shape index (κ3) is 2.55. The van der Waals surface area contributed by atoms with Gasteiger partial charge >= 0.3 is 0 Å². The molecule has 0 amide bonds. The van der Waals surface area contributed by atoms with Crippen LogP contribution in [0.5, 0.6) is 0 Å². The van der Waals surface area contributed by atoms with E-state index in [0.717, 1.165) is 28.1 Å². The molecular weight excluding hydrogens is 278 g/mol. The van der Waals surface area contributed by atoms with E-state index in [0.29, 0.717) is 5.02 Å². The zero-order valence-corrected chi connectivity index (χ0v) is 11.9. The van der Waals surface area contributed by atoms with E-state index in [2.05, 4.69) is 28.3 Å². The second-order valence-electron chi connectivity index (χ2n) is 4.14. The summed E-state index contributed by atoms with van der Waals surface area (Å²) in [7, 11) is 0. The summed E-state index contributed by atoms with van der Waals surface area (Å²) in [5.74, 6) is 0.822. The van der Waals surface area contributed by atoms with Crippen molar-refractivity contribution in [3.05, 3.63) is 46.6 Å². The Kier molecular flexibility index (Phi) is 3.36. The zero-order valence-electron chi connectivity index (χ0n) is 10.4. The summed E-state index contributed by atoms with van der Waals surface area (Å²) in [6.45, 7) is 2.14. The van der Waals surface area contributed by atoms with Crippen LogP contribution in [0, 0.1) is 0 Å². The Labute approximate surface area is 120 Å². The van der Waals surface area contributed by atoms with Crippen molar-refractivity contribution in [1.82, 2.24) is 9.97 Å². The van der Waals surface area contributed by atoms with Crippen LogP contribution in [0.3, 0.4) is 0 Å². The smallest absolute Gasteiger partial charge is 0.142 e. The number of fused-ring (bicyclic) bond motifs is 1. The number of rotatable bonds is 3. The van der Waals surface area contributed by atoms with Crippen LogP contribution in [-0.4, -0.2) is 9.97 Å². The van der Waals surface area contributed by atoms with E-state index in [4.69, 9.17) is 11.6 Å². The van der Waals surface area contributed by atoms with Crippen LogP contribution in [0.1, 0.15) is 11.8 Å². The monoisotopic (exact) mass is 289 g/mol. The maximum absolute atomic E-state index is 5.99. The van der Waals surface area contributed by atoms with Gasteiger partial charge in [0.25, 0.3) is 0 Å². The fraction of sp³-hybridized carbons (Fsp3) is 0.143. The van der Waals surface area contributed by atoms with E-state index in [1.54, 1.807) is 17.7 Å². The Hall–Kier alpha value is -1.65. The van der Waals surface area contributed by atoms with Gasteiger partial charge in [-0.25, -0.2) is 9.97 Å². The summed E-state index contributed by atoms with van der Waals surface area (Å²) < 4.78 is 0. The normalized spacial score (nSPS) is 10.8. The van der Waals surface area contributed by atoms with Crippen LogP contribution in [0.2, 0.25) is 5.02 Å². The van der Waals surface area contributed by atoms with E-state index >= 15 is 0 Å². The molecule has 0 atom stereocenters. The van der Waals surface area contributed by atoms with Crippen molar-refractivity contribution in [2.75, 3.05) is 5.32 Å². The van der Waals surface area contributed by atoms with Crippen molar-refractivity contribution in [1.29, 1.82) is 0 Å². The van der Waals surface area contributed by atoms with Gasteiger partial charge in [-0.15, -0.1) is 11.3 Å². The fourth-order valence-electron chi connectivity index (χ4n) is 1.88. The summed E-state index contributed by atoms with van der Waals surface area (Å²) in [5, 5.41) is 5.06. The number of aryl methyl sites for hydroxylation is 1. The van der Waals surface area contributed by atoms with Gasteiger partial charge in [0.15, 0.2) is 0 Å². The quantitative estimate of drug-likeness (QED) is 0.762. The summed E-state index contributed by atoms with van der Waals surface area (Å²) in [5.41, 5.74) is 0.928. The number of nitrogens with one attached hydrogen (secondary N) is 1. The molecule has 0 bridgehead atoms. The first kappa shape index (κ1) is 12.4. The molecule has 19 heavy (non-hydrogen) atoms. The Bertz CT molecular complexity index is 724. The van der Waals surface area contributed by atoms with Crippen LogP contribution in [-0.2, 0) is 6.42 Å². The zero-order chi connectivity index (χ0) is 13.2. The van der Waals surface area contributed by atoms with Crippen LogP contribution < -0.4 is 5.32 Å². The van der Waals surface area contributed by atoms with Crippen LogP contribution >= 0.6 is 22.9 Å². The number of anilines is 2. The minimum atomic E-state index is 0.704. The van der Waals surface area contributed by atoms with Crippen LogP contribution in [0.15, 0.2) is 36.7 Å². The van der Waals surface area contributed by atoms with Gasteiger partial charge in [-0.2, -0.15) is 0 Å². The molecule has 3 aromatic rings. The minimum absolute atomic E-state index is 0.704. The van der Waals surface area contributed by atoms with E-state index in [1.165, 1.54) is 4.88 Å². The SMILES string of the molecule is CCc1cc2c(Nc3cccc(Cl)c3)ncnc2s1. The van der Waals surface area contributed by atoms with Crippen molar-refractivity contribution >= 4 is 44.7 Å². The van der Waals surface area contributed by atoms with Gasteiger partial charge in [0.2, 0.25) is 0 Å². The number of halogens is 1. The molecule has 0 aliphatic carbocycles. The fourth-order valence-corrected chi connectivity index (χ4v) is 3.01. The van der Waals surface area contributed by atoms with E-state index in [1.807, 2.05) is 24.3 Å². The second-order valence-corrected chi connectivity index (χ2v) is 5.69. The molecule has 2 heterocycles. The van der Waals surface area contributed by atoms with Crippen molar-refractivity contribution < 1.29 is 0 Å². The number of aromatic nitrogens is 2. The molecule has 0 radical (unpaired) electrons. The van der Waals surface area contributed by atoms with Gasteiger partial charge in [-0.05, 0) is 30.7 Å². The highest BCUT2D eigenvalue weighted by molar-refractivity contribution is 7.18. The Morgan fingerprint density at radius 1 is 1.26 bits per heavy atom. The lowest BCUT2D eigenvalue weighted by Gasteiger charge is -2.06. The van der Waals surface area contributed by atoms with Gasteiger partial charge < -0.3 is 5.32 Å². The van der Waals surface area contributed by atoms with E-state index < -0.39 is 0 Å². The lowest BCUT2D eigenvalue weighted by molar-refractivity contribution is 1.19. The first-order valence-electron chi connectivity index (χ1n) is 6.02. The number of benzene rings is 1. The highest BCUT2D eigenvalue weighted by Crippen LogP contribution is 2.30. The number of hydrogen-bond acceptors (Lipinski definition) is 4. The van der Waals surface area contributed by atoms with Crippen LogP contribution in [0.25, 0.3) is 10.2 Å². The first-order chi connectivity index (χ1) is 9.26. The lowest BCUT2D eigenvalue weighted by atomic mass is 10.3. The van der Waals surface area contributed by atoms with Crippen molar-refractivity contribution in [2.45, 2.75) is 13.3 Å². The highest BCUT2D eigenvalue weighted by Gasteiger charge is 2.08. The number of thiophene rings is 1. The average Bonchev–Trinajstić information content (AvgIpc) is 2.83. The molecule has 0 saturated heterocycles. The van der Waals surface area contributed by atoms with Gasteiger partial charge in [0, 0.05) is 15.6 Å². The second kappa shape index (κ2) is 5.15. The molecule has 0 fully saturated rings. The third-order valence-electron chi connectivity index (χ3n) is 2.82. The maximum atomic E-state index is 5.99. The Morgan fingerprint density at radius 2 is 2.16 bits per heavy atom. The van der Waals surface area contributed by atoms with Crippen molar-refractivity contribution in [3.8, 4) is 0 Å². The summed E-state index contributed by atoms with van der Waals surface area (Å²) in [4.78, 5) is 11.0. The third-order valence-corrected chi connectivity index (χ3v) is 4.24. The van der Waals surface area contributed by atoms with Gasteiger partial charge in [0.1, 0.15) is 17.0 Å². The molecule has 3 nitrogen and oxygen atoms in total. The van der Waals surface area contributed by atoms with E-state index in [9.17, 15) is 0 Å². The molecule has 0 aliphatic rings. The van der Waals surface area contributed by atoms with E-state index in [-0.39, 0.29) is 0 Å². The molecule has 3 rings (SSSR count). The molecule has 0 unspecified atom stereocenters. The molecule has 0 aliphatic heterocycles. The molecule has 1 aromatic carbocycles. The standard InChI is InChI=1S/C14H12ClN3S/c1-2-11-7-12-13(16-8-17-14(12)19-11)18-10-5-3-4-9(15)6-10/h3-8H,2H2,1H3,(H,16,17,18). The Morgan fingerprint density at radius 3 is 2.95 bits per heavy atom. The molecule has 0 saturated carbocycles.